The summed E-state index contributed by atoms with van der Waals surface area (Å²) in [7, 11) is 0. The quantitative estimate of drug-likeness (QED) is 0.582. The van der Waals surface area contributed by atoms with Crippen molar-refractivity contribution in [3.05, 3.63) is 16.7 Å². The average Bonchev–Trinajstić information content (AvgIpc) is 3.05. The van der Waals surface area contributed by atoms with Crippen molar-refractivity contribution in [2.24, 2.45) is 0 Å². The number of imidazole rings is 1. The minimum atomic E-state index is -3.03. The molecule has 9 nitrogen and oxygen atoms in total. The number of rotatable bonds is 4. The number of ether oxygens (including phenoxy) is 1. The lowest BCUT2D eigenvalue weighted by Crippen LogP contribution is -2.24. The molecule has 0 bridgehead atoms. The molecule has 1 aliphatic rings. The van der Waals surface area contributed by atoms with Crippen LogP contribution in [0.2, 0.25) is 0 Å². The van der Waals surface area contributed by atoms with Gasteiger partial charge in [-0.15, -0.1) is 0 Å². The fourth-order valence-electron chi connectivity index (χ4n) is 2.23. The van der Waals surface area contributed by atoms with E-state index in [1.165, 1.54) is 0 Å². The molecule has 1 saturated heterocycles. The van der Waals surface area contributed by atoms with Gasteiger partial charge in [0.05, 0.1) is 19.0 Å². The van der Waals surface area contributed by atoms with Gasteiger partial charge in [-0.3, -0.25) is 14.3 Å². The molecule has 21 heavy (non-hydrogen) atoms. The van der Waals surface area contributed by atoms with Crippen LogP contribution in [0.3, 0.4) is 0 Å². The van der Waals surface area contributed by atoms with Crippen molar-refractivity contribution in [3.8, 4) is 0 Å². The monoisotopic (exact) mass is 301 g/mol. The van der Waals surface area contributed by atoms with E-state index in [0.29, 0.717) is 0 Å². The largest absolute Gasteiger partial charge is 0.394 e. The molecule has 9 heteroatoms. The van der Waals surface area contributed by atoms with Crippen LogP contribution >= 0.6 is 0 Å². The van der Waals surface area contributed by atoms with Crippen molar-refractivity contribution >= 4 is 17.1 Å². The van der Waals surface area contributed by atoms with Crippen LogP contribution in [0, 0.1) is 0 Å². The van der Waals surface area contributed by atoms with Crippen LogP contribution in [-0.2, 0) is 4.74 Å². The minimum Gasteiger partial charge on any atom is -0.394 e. The average molecular weight is 301 g/mol. The van der Waals surface area contributed by atoms with Gasteiger partial charge in [-0.2, -0.15) is 4.98 Å². The predicted octanol–water partition coefficient (Wildman–Crippen LogP) is -0.808. The maximum Gasteiger partial charge on any atom is 0.280 e. The van der Waals surface area contributed by atoms with Crippen molar-refractivity contribution in [1.29, 1.82) is 0 Å². The third kappa shape index (κ3) is 2.39. The maximum atomic E-state index is 12.2. The van der Waals surface area contributed by atoms with Crippen molar-refractivity contribution in [1.82, 2.24) is 19.5 Å². The van der Waals surface area contributed by atoms with Gasteiger partial charge in [0.1, 0.15) is 13.7 Å². The highest BCUT2D eigenvalue weighted by Crippen LogP contribution is 2.30. The molecule has 3 rings (SSSR count). The van der Waals surface area contributed by atoms with E-state index >= 15 is 0 Å². The van der Waals surface area contributed by atoms with Gasteiger partial charge < -0.3 is 20.3 Å². The first-order valence-electron chi connectivity index (χ1n) is 9.16. The lowest BCUT2D eigenvalue weighted by Gasteiger charge is -2.13. The zero-order chi connectivity index (χ0) is 20.1. The van der Waals surface area contributed by atoms with Gasteiger partial charge in [0.15, 0.2) is 11.2 Å². The molecule has 4 N–H and O–H groups in total. The topological polar surface area (TPSA) is 125 Å². The number of hydrogen-bond donors (Lipinski definition) is 4. The van der Waals surface area contributed by atoms with Crippen LogP contribution in [0.25, 0.3) is 11.2 Å². The van der Waals surface area contributed by atoms with Gasteiger partial charge in [0, 0.05) is 19.8 Å². The molecule has 2 aromatic rings. The second-order valence-electron chi connectivity index (χ2n) is 4.53. The third-order valence-electron chi connectivity index (χ3n) is 3.23. The molecular formula is C12H17N5O4. The summed E-state index contributed by atoms with van der Waals surface area (Å²) in [5.41, 5.74) is -1.19. The highest BCUT2D eigenvalue weighted by atomic mass is 16.5. The summed E-state index contributed by atoms with van der Waals surface area (Å²) in [6, 6.07) is 0. The van der Waals surface area contributed by atoms with E-state index < -0.39 is 56.2 Å². The Morgan fingerprint density at radius 3 is 3.38 bits per heavy atom. The van der Waals surface area contributed by atoms with E-state index in [0.717, 1.165) is 4.57 Å². The second-order valence-corrected chi connectivity index (χ2v) is 4.53. The minimum absolute atomic E-state index is 0.00983. The molecule has 0 aliphatic carbocycles. The Kier molecular flexibility index (Phi) is 2.19. The summed E-state index contributed by atoms with van der Waals surface area (Å²) < 4.78 is 51.3. The summed E-state index contributed by atoms with van der Waals surface area (Å²) in [5.74, 6) is -0.466. The Hall–Kier alpha value is -1.97. The summed E-state index contributed by atoms with van der Waals surface area (Å²) in [5, 5.41) is 21.1. The Bertz CT molecular complexity index is 912. The predicted molar refractivity (Wildman–Crippen MR) is 73.9 cm³/mol. The van der Waals surface area contributed by atoms with E-state index in [2.05, 4.69) is 15.0 Å². The van der Waals surface area contributed by atoms with E-state index in [9.17, 15) is 15.0 Å². The summed E-state index contributed by atoms with van der Waals surface area (Å²) >= 11 is 0. The number of anilines is 1. The molecule has 0 unspecified atom stereocenters. The van der Waals surface area contributed by atoms with Gasteiger partial charge in [0.25, 0.3) is 5.56 Å². The van der Waals surface area contributed by atoms with Crippen molar-refractivity contribution in [2.75, 3.05) is 18.4 Å². The Labute approximate surface area is 128 Å². The lowest BCUT2D eigenvalue weighted by molar-refractivity contribution is -0.0432. The number of H-pyrrole nitrogens is 1. The van der Waals surface area contributed by atoms with Crippen LogP contribution < -0.4 is 10.9 Å². The first kappa shape index (κ1) is 8.47. The highest BCUT2D eigenvalue weighted by Gasteiger charge is 2.35. The fraction of sp³-hybridized carbons (Fsp3) is 0.583. The zero-order valence-corrected chi connectivity index (χ0v) is 10.7. The number of aliphatic hydroxyl groups is 2. The molecule has 2 aromatic heterocycles. The highest BCUT2D eigenvalue weighted by molar-refractivity contribution is 5.70. The van der Waals surface area contributed by atoms with Gasteiger partial charge >= 0.3 is 0 Å². The number of hydrogen-bond acceptors (Lipinski definition) is 7. The van der Waals surface area contributed by atoms with E-state index in [1.807, 2.05) is 5.32 Å². The molecule has 114 valence electrons. The Morgan fingerprint density at radius 1 is 1.81 bits per heavy atom. The molecule has 3 atom stereocenters. The standard InChI is InChI=1S/C12H17N5O4/c1-2-13-12-15-10-9(11(20)16-12)14-5-17(10)8-3-6(19)7(4-18)21-8/h5-8,18-19H,2-4H2,1H3,(H2,13,15,16,20)/t6-,7+,8+/m0/s1/i1D3,2D2,5D. The normalized spacial score (nSPS) is 31.0. The van der Waals surface area contributed by atoms with Gasteiger partial charge in [-0.25, -0.2) is 4.98 Å². The molecule has 0 spiro atoms. The SMILES string of the molecule is [2H]c1nc2c(=O)[nH]c(NC([2H])([2H])C([2H])([2H])[2H])nc2n1[C@H]1C[C@H](O)[C@@H](CO)O1. The lowest BCUT2D eigenvalue weighted by atomic mass is 10.2. The van der Waals surface area contributed by atoms with Crippen LogP contribution in [0.15, 0.2) is 11.1 Å². The number of nitrogens with zero attached hydrogens (tertiary/aromatic N) is 3. The van der Waals surface area contributed by atoms with Crippen LogP contribution in [0.5, 0.6) is 0 Å². The molecule has 1 aliphatic heterocycles. The maximum absolute atomic E-state index is 12.2. The van der Waals surface area contributed by atoms with E-state index in [-0.39, 0.29) is 17.6 Å². The van der Waals surface area contributed by atoms with Crippen LogP contribution in [0.4, 0.5) is 5.95 Å². The smallest absolute Gasteiger partial charge is 0.280 e. The molecular weight excluding hydrogens is 278 g/mol. The molecule has 0 radical (unpaired) electrons. The summed E-state index contributed by atoms with van der Waals surface area (Å²) in [6.45, 7) is -6.36. The van der Waals surface area contributed by atoms with Gasteiger partial charge in [-0.1, -0.05) is 0 Å². The number of aromatic nitrogens is 4. The zero-order valence-electron chi connectivity index (χ0n) is 16.7. The number of fused-ring (bicyclic) bond motifs is 1. The number of aromatic amines is 1. The summed E-state index contributed by atoms with van der Waals surface area (Å²) in [6.07, 6.45) is -3.20. The van der Waals surface area contributed by atoms with Crippen molar-refractivity contribution in [3.63, 3.8) is 0 Å². The van der Waals surface area contributed by atoms with Gasteiger partial charge in [-0.05, 0) is 6.85 Å². The Balaban J connectivity index is 2.05. The Morgan fingerprint density at radius 2 is 2.67 bits per heavy atom. The fourth-order valence-corrected chi connectivity index (χ4v) is 2.23. The third-order valence-corrected chi connectivity index (χ3v) is 3.23. The van der Waals surface area contributed by atoms with Gasteiger partial charge in [0.2, 0.25) is 5.95 Å². The van der Waals surface area contributed by atoms with E-state index in [1.54, 1.807) is 0 Å². The number of aliphatic hydroxyl groups excluding tert-OH is 2. The number of nitrogens with one attached hydrogen (secondary N) is 2. The first-order valence-corrected chi connectivity index (χ1v) is 6.16. The van der Waals surface area contributed by atoms with Crippen molar-refractivity contribution < 1.29 is 23.2 Å². The van der Waals surface area contributed by atoms with Crippen LogP contribution in [-0.4, -0.2) is 55.0 Å². The van der Waals surface area contributed by atoms with E-state index in [4.69, 9.17) is 13.0 Å². The second kappa shape index (κ2) is 5.43. The molecule has 3 heterocycles. The molecule has 0 aromatic carbocycles. The molecule has 0 saturated carbocycles. The molecule has 1 fully saturated rings. The van der Waals surface area contributed by atoms with Crippen molar-refractivity contribution in [2.45, 2.75) is 31.7 Å². The molecule has 0 amide bonds. The van der Waals surface area contributed by atoms with Crippen LogP contribution in [0.1, 0.15) is 27.7 Å². The summed E-state index contributed by atoms with van der Waals surface area (Å²) in [4.78, 5) is 22.2. The first-order chi connectivity index (χ1) is 12.4.